The van der Waals surface area contributed by atoms with Crippen LogP contribution in [-0.4, -0.2) is 42.3 Å². The SMILES string of the molecule is CNC(=O)C1CCCN1C(C)C(=O)c1ccc(Cl)s1. The third-order valence-electron chi connectivity index (χ3n) is 3.54. The van der Waals surface area contributed by atoms with E-state index >= 15 is 0 Å². The molecule has 2 heterocycles. The lowest BCUT2D eigenvalue weighted by molar-refractivity contribution is -0.125. The molecule has 1 amide bonds. The molecule has 1 aromatic heterocycles. The lowest BCUT2D eigenvalue weighted by Crippen LogP contribution is -2.48. The molecule has 4 nitrogen and oxygen atoms in total. The smallest absolute Gasteiger partial charge is 0.237 e. The molecule has 0 bridgehead atoms. The molecule has 0 saturated carbocycles. The second-order valence-electron chi connectivity index (χ2n) is 4.65. The average molecular weight is 301 g/mol. The van der Waals surface area contributed by atoms with Gasteiger partial charge in [-0.1, -0.05) is 11.6 Å². The summed E-state index contributed by atoms with van der Waals surface area (Å²) < 4.78 is 0.611. The maximum absolute atomic E-state index is 12.4. The predicted octanol–water partition coefficient (Wildman–Crippen LogP) is 2.18. The van der Waals surface area contributed by atoms with Crippen molar-refractivity contribution >= 4 is 34.6 Å². The minimum Gasteiger partial charge on any atom is -0.358 e. The molecule has 1 saturated heterocycles. The number of hydrogen-bond donors (Lipinski definition) is 1. The number of hydrogen-bond acceptors (Lipinski definition) is 4. The van der Waals surface area contributed by atoms with Gasteiger partial charge in [0.2, 0.25) is 5.91 Å². The molecule has 1 aromatic rings. The van der Waals surface area contributed by atoms with Gasteiger partial charge in [0.1, 0.15) is 0 Å². The third kappa shape index (κ3) is 2.99. The predicted molar refractivity (Wildman–Crippen MR) is 76.9 cm³/mol. The van der Waals surface area contributed by atoms with E-state index in [1.807, 2.05) is 11.8 Å². The highest BCUT2D eigenvalue weighted by Crippen LogP contribution is 2.26. The van der Waals surface area contributed by atoms with Crippen LogP contribution in [0.1, 0.15) is 29.4 Å². The maximum atomic E-state index is 12.4. The molecule has 19 heavy (non-hydrogen) atoms. The first-order valence-corrected chi connectivity index (χ1v) is 7.51. The van der Waals surface area contributed by atoms with E-state index in [0.717, 1.165) is 19.4 Å². The van der Waals surface area contributed by atoms with E-state index in [1.165, 1.54) is 11.3 Å². The molecule has 0 aliphatic carbocycles. The molecule has 2 atom stereocenters. The Morgan fingerprint density at radius 2 is 2.26 bits per heavy atom. The van der Waals surface area contributed by atoms with Gasteiger partial charge in [0.15, 0.2) is 5.78 Å². The molecule has 1 fully saturated rings. The zero-order valence-electron chi connectivity index (χ0n) is 11.0. The van der Waals surface area contributed by atoms with Crippen LogP contribution >= 0.6 is 22.9 Å². The summed E-state index contributed by atoms with van der Waals surface area (Å²) in [7, 11) is 1.63. The minimum absolute atomic E-state index is 0.0126. The minimum atomic E-state index is -0.292. The molecule has 0 spiro atoms. The van der Waals surface area contributed by atoms with Gasteiger partial charge in [-0.2, -0.15) is 0 Å². The van der Waals surface area contributed by atoms with Crippen LogP contribution in [0.3, 0.4) is 0 Å². The van der Waals surface area contributed by atoms with E-state index < -0.39 is 0 Å². The molecule has 2 unspecified atom stereocenters. The van der Waals surface area contributed by atoms with Crippen LogP contribution in [0.2, 0.25) is 4.34 Å². The fraction of sp³-hybridized carbons (Fsp3) is 0.538. The number of nitrogens with zero attached hydrogens (tertiary/aromatic N) is 1. The van der Waals surface area contributed by atoms with Gasteiger partial charge in [0.05, 0.1) is 21.3 Å². The lowest BCUT2D eigenvalue weighted by atomic mass is 10.1. The topological polar surface area (TPSA) is 49.4 Å². The average Bonchev–Trinajstić information content (AvgIpc) is 3.04. The first-order chi connectivity index (χ1) is 9.04. The van der Waals surface area contributed by atoms with Crippen molar-refractivity contribution in [2.45, 2.75) is 31.8 Å². The van der Waals surface area contributed by atoms with Gasteiger partial charge in [0, 0.05) is 7.05 Å². The maximum Gasteiger partial charge on any atom is 0.237 e. The first kappa shape index (κ1) is 14.5. The van der Waals surface area contributed by atoms with Gasteiger partial charge in [-0.05, 0) is 38.4 Å². The number of likely N-dealkylation sites (tertiary alicyclic amines) is 1. The van der Waals surface area contributed by atoms with Gasteiger partial charge < -0.3 is 5.32 Å². The van der Waals surface area contributed by atoms with Crippen LogP contribution in [0.15, 0.2) is 12.1 Å². The number of rotatable bonds is 4. The normalized spacial score (nSPS) is 21.3. The van der Waals surface area contributed by atoms with Crippen molar-refractivity contribution in [3.63, 3.8) is 0 Å². The third-order valence-corrected chi connectivity index (χ3v) is 4.78. The van der Waals surface area contributed by atoms with Crippen molar-refractivity contribution in [2.24, 2.45) is 0 Å². The monoisotopic (exact) mass is 300 g/mol. The van der Waals surface area contributed by atoms with Crippen LogP contribution in [0, 0.1) is 0 Å². The highest BCUT2D eigenvalue weighted by molar-refractivity contribution is 7.18. The Kier molecular flexibility index (Phi) is 4.60. The van der Waals surface area contributed by atoms with Crippen molar-refractivity contribution in [3.05, 3.63) is 21.3 Å². The van der Waals surface area contributed by atoms with Crippen LogP contribution in [0.25, 0.3) is 0 Å². The van der Waals surface area contributed by atoms with Crippen LogP contribution in [0.5, 0.6) is 0 Å². The van der Waals surface area contributed by atoms with E-state index in [1.54, 1.807) is 19.2 Å². The summed E-state index contributed by atoms with van der Waals surface area (Å²) in [4.78, 5) is 26.8. The number of carbonyl (C=O) groups excluding carboxylic acids is 2. The Bertz CT molecular complexity index is 489. The standard InChI is InChI=1S/C13H17ClN2O2S/c1-8(12(17)10-5-6-11(14)19-10)16-7-3-4-9(16)13(18)15-2/h5-6,8-9H,3-4,7H2,1-2H3,(H,15,18). The van der Waals surface area contributed by atoms with Crippen molar-refractivity contribution in [1.82, 2.24) is 10.2 Å². The van der Waals surface area contributed by atoms with Crippen LogP contribution in [0.4, 0.5) is 0 Å². The second-order valence-corrected chi connectivity index (χ2v) is 6.37. The summed E-state index contributed by atoms with van der Waals surface area (Å²) >= 11 is 7.15. The number of thiophene rings is 1. The summed E-state index contributed by atoms with van der Waals surface area (Å²) in [5.41, 5.74) is 0. The number of likely N-dealkylation sites (N-methyl/N-ethyl adjacent to an activating group) is 1. The van der Waals surface area contributed by atoms with Gasteiger partial charge in [-0.3, -0.25) is 14.5 Å². The number of carbonyl (C=O) groups is 2. The molecular formula is C13H17ClN2O2S. The van der Waals surface area contributed by atoms with E-state index in [-0.39, 0.29) is 23.8 Å². The Balaban J connectivity index is 2.12. The molecule has 0 aromatic carbocycles. The van der Waals surface area contributed by atoms with E-state index in [4.69, 9.17) is 11.6 Å². The lowest BCUT2D eigenvalue weighted by Gasteiger charge is -2.28. The number of halogens is 1. The Hall–Kier alpha value is -0.910. The van der Waals surface area contributed by atoms with Crippen molar-refractivity contribution in [1.29, 1.82) is 0 Å². The van der Waals surface area contributed by atoms with E-state index in [9.17, 15) is 9.59 Å². The number of Topliss-reactive ketones (excluding diaryl/α,β-unsaturated/α-hetero) is 1. The molecule has 0 radical (unpaired) electrons. The summed E-state index contributed by atoms with van der Waals surface area (Å²) in [5.74, 6) is 0.0223. The van der Waals surface area contributed by atoms with E-state index in [2.05, 4.69) is 5.32 Å². The summed E-state index contributed by atoms with van der Waals surface area (Å²) in [5, 5.41) is 2.66. The number of ketones is 1. The quantitative estimate of drug-likeness (QED) is 0.867. The summed E-state index contributed by atoms with van der Waals surface area (Å²) in [6.45, 7) is 2.64. The molecule has 2 rings (SSSR count). The van der Waals surface area contributed by atoms with Crippen LogP contribution in [-0.2, 0) is 4.79 Å². The second kappa shape index (κ2) is 6.03. The molecule has 6 heteroatoms. The molecule has 104 valence electrons. The highest BCUT2D eigenvalue weighted by atomic mass is 35.5. The zero-order chi connectivity index (χ0) is 14.0. The molecule has 1 aliphatic rings. The fourth-order valence-electron chi connectivity index (χ4n) is 2.50. The van der Waals surface area contributed by atoms with Gasteiger partial charge in [-0.15, -0.1) is 11.3 Å². The van der Waals surface area contributed by atoms with Crippen molar-refractivity contribution in [3.8, 4) is 0 Å². The molecule has 1 N–H and O–H groups in total. The first-order valence-electron chi connectivity index (χ1n) is 6.31. The Morgan fingerprint density at radius 1 is 1.53 bits per heavy atom. The van der Waals surface area contributed by atoms with Gasteiger partial charge in [-0.25, -0.2) is 0 Å². The molecular weight excluding hydrogens is 284 g/mol. The highest BCUT2D eigenvalue weighted by Gasteiger charge is 2.36. The van der Waals surface area contributed by atoms with Gasteiger partial charge in [0.25, 0.3) is 0 Å². The van der Waals surface area contributed by atoms with Crippen molar-refractivity contribution in [2.75, 3.05) is 13.6 Å². The fourth-order valence-corrected chi connectivity index (χ4v) is 3.57. The summed E-state index contributed by atoms with van der Waals surface area (Å²) in [6.07, 6.45) is 1.75. The zero-order valence-corrected chi connectivity index (χ0v) is 12.6. The Morgan fingerprint density at radius 3 is 2.84 bits per heavy atom. The summed E-state index contributed by atoms with van der Waals surface area (Å²) in [6, 6.07) is 2.99. The Labute approximate surface area is 121 Å². The molecule has 1 aliphatic heterocycles. The van der Waals surface area contributed by atoms with Crippen molar-refractivity contribution < 1.29 is 9.59 Å². The van der Waals surface area contributed by atoms with E-state index in [0.29, 0.717) is 9.21 Å². The number of nitrogens with one attached hydrogen (secondary N) is 1. The largest absolute Gasteiger partial charge is 0.358 e. The number of amides is 1. The van der Waals surface area contributed by atoms with Gasteiger partial charge >= 0.3 is 0 Å². The van der Waals surface area contributed by atoms with Crippen LogP contribution < -0.4 is 5.32 Å².